The molecule has 24 heavy (non-hydrogen) atoms. The Labute approximate surface area is 144 Å². The van der Waals surface area contributed by atoms with Gasteiger partial charge in [0.05, 0.1) is 5.92 Å². The van der Waals surface area contributed by atoms with Crippen LogP contribution in [0, 0.1) is 25.7 Å². The van der Waals surface area contributed by atoms with Crippen LogP contribution < -0.4 is 4.74 Å². The first-order valence-electron chi connectivity index (χ1n) is 8.92. The monoisotopic (exact) mass is 322 g/mol. The predicted octanol–water partition coefficient (Wildman–Crippen LogP) is 5.70. The Balaban J connectivity index is 1.66. The van der Waals surface area contributed by atoms with Crippen molar-refractivity contribution in [1.82, 2.24) is 0 Å². The molecular weight excluding hydrogens is 296 g/mol. The van der Waals surface area contributed by atoms with E-state index in [1.807, 2.05) is 24.3 Å². The first kappa shape index (κ1) is 16.8. The van der Waals surface area contributed by atoms with Crippen molar-refractivity contribution < 1.29 is 9.53 Å². The van der Waals surface area contributed by atoms with Gasteiger partial charge in [0.2, 0.25) is 0 Å². The minimum Gasteiger partial charge on any atom is -0.426 e. The topological polar surface area (TPSA) is 26.3 Å². The molecule has 0 amide bonds. The average molecular weight is 322 g/mol. The van der Waals surface area contributed by atoms with E-state index in [-0.39, 0.29) is 11.9 Å². The van der Waals surface area contributed by atoms with Gasteiger partial charge in [-0.3, -0.25) is 4.79 Å². The normalized spacial score (nSPS) is 20.6. The second-order valence-corrected chi connectivity index (χ2v) is 7.20. The number of carbonyl (C=O) groups is 1. The maximum Gasteiger partial charge on any atom is 0.314 e. The fraction of sp³-hybridized carbons (Fsp3) is 0.409. The summed E-state index contributed by atoms with van der Waals surface area (Å²) in [5, 5.41) is 0. The van der Waals surface area contributed by atoms with Crippen molar-refractivity contribution >= 4 is 5.97 Å². The summed E-state index contributed by atoms with van der Waals surface area (Å²) in [6.45, 7) is 6.50. The zero-order chi connectivity index (χ0) is 17.1. The van der Waals surface area contributed by atoms with E-state index in [9.17, 15) is 4.79 Å². The van der Waals surface area contributed by atoms with Gasteiger partial charge in [-0.1, -0.05) is 37.3 Å². The first-order chi connectivity index (χ1) is 11.5. The van der Waals surface area contributed by atoms with E-state index in [0.717, 1.165) is 37.2 Å². The molecule has 0 unspecified atom stereocenters. The molecule has 0 radical (unpaired) electrons. The Morgan fingerprint density at radius 2 is 1.50 bits per heavy atom. The molecule has 0 heterocycles. The van der Waals surface area contributed by atoms with Crippen molar-refractivity contribution in [1.29, 1.82) is 0 Å². The molecule has 1 saturated carbocycles. The first-order valence-corrected chi connectivity index (χ1v) is 8.92. The van der Waals surface area contributed by atoms with Crippen LogP contribution in [0.1, 0.15) is 43.7 Å². The Bertz CT molecular complexity index is 707. The molecule has 1 fully saturated rings. The maximum atomic E-state index is 12.3. The molecule has 0 bridgehead atoms. The third kappa shape index (κ3) is 3.87. The molecule has 2 heteroatoms. The SMILES string of the molecule is Cc1ccc(-c2ccc(OC(=O)C3CCC(C)CC3)cc2)cc1C. The Morgan fingerprint density at radius 3 is 2.12 bits per heavy atom. The van der Waals surface area contributed by atoms with Crippen molar-refractivity contribution in [2.75, 3.05) is 0 Å². The van der Waals surface area contributed by atoms with E-state index in [4.69, 9.17) is 4.74 Å². The highest BCUT2D eigenvalue weighted by Crippen LogP contribution is 2.30. The molecule has 2 aromatic rings. The highest BCUT2D eigenvalue weighted by Gasteiger charge is 2.25. The van der Waals surface area contributed by atoms with Crippen molar-refractivity contribution in [3.05, 3.63) is 53.6 Å². The smallest absolute Gasteiger partial charge is 0.314 e. The van der Waals surface area contributed by atoms with Crippen LogP contribution >= 0.6 is 0 Å². The van der Waals surface area contributed by atoms with E-state index in [1.165, 1.54) is 16.7 Å². The van der Waals surface area contributed by atoms with Gasteiger partial charge in [-0.15, -0.1) is 0 Å². The number of carbonyl (C=O) groups excluding carboxylic acids is 1. The highest BCUT2D eigenvalue weighted by molar-refractivity contribution is 5.75. The van der Waals surface area contributed by atoms with Gasteiger partial charge in [0, 0.05) is 0 Å². The molecule has 0 spiro atoms. The van der Waals surface area contributed by atoms with Crippen molar-refractivity contribution in [3.63, 3.8) is 0 Å². The molecule has 2 nitrogen and oxygen atoms in total. The van der Waals surface area contributed by atoms with Crippen LogP contribution in [0.15, 0.2) is 42.5 Å². The number of ether oxygens (including phenoxy) is 1. The van der Waals surface area contributed by atoms with Gasteiger partial charge in [0.25, 0.3) is 0 Å². The number of rotatable bonds is 3. The minimum absolute atomic E-state index is 0.0687. The van der Waals surface area contributed by atoms with Gasteiger partial charge in [-0.2, -0.15) is 0 Å². The molecule has 0 aromatic heterocycles. The lowest BCUT2D eigenvalue weighted by molar-refractivity contribution is -0.140. The summed E-state index contributed by atoms with van der Waals surface area (Å²) in [5.74, 6) is 1.39. The molecule has 2 aromatic carbocycles. The molecule has 0 saturated heterocycles. The fourth-order valence-electron chi connectivity index (χ4n) is 3.33. The van der Waals surface area contributed by atoms with Crippen LogP contribution in [0.3, 0.4) is 0 Å². The molecule has 1 aliphatic carbocycles. The number of hydrogen-bond donors (Lipinski definition) is 0. The Morgan fingerprint density at radius 1 is 0.875 bits per heavy atom. The van der Waals surface area contributed by atoms with Crippen LogP contribution in [0.4, 0.5) is 0 Å². The summed E-state index contributed by atoms with van der Waals surface area (Å²) in [4.78, 5) is 12.3. The van der Waals surface area contributed by atoms with Gasteiger partial charge < -0.3 is 4.74 Å². The van der Waals surface area contributed by atoms with Crippen LogP contribution in [-0.2, 0) is 4.79 Å². The summed E-state index contributed by atoms with van der Waals surface area (Å²) >= 11 is 0. The summed E-state index contributed by atoms with van der Waals surface area (Å²) in [6.07, 6.45) is 4.18. The van der Waals surface area contributed by atoms with Crippen LogP contribution in [-0.4, -0.2) is 5.97 Å². The second-order valence-electron chi connectivity index (χ2n) is 7.20. The lowest BCUT2D eigenvalue weighted by Gasteiger charge is -2.24. The summed E-state index contributed by atoms with van der Waals surface area (Å²) in [6, 6.07) is 14.3. The van der Waals surface area contributed by atoms with Gasteiger partial charge in [0.15, 0.2) is 0 Å². The predicted molar refractivity (Wildman–Crippen MR) is 98.1 cm³/mol. The summed E-state index contributed by atoms with van der Waals surface area (Å²) in [7, 11) is 0. The number of aryl methyl sites for hydroxylation is 2. The Hall–Kier alpha value is -2.09. The van der Waals surface area contributed by atoms with Crippen molar-refractivity contribution in [2.24, 2.45) is 11.8 Å². The average Bonchev–Trinajstić information content (AvgIpc) is 2.58. The lowest BCUT2D eigenvalue weighted by atomic mass is 9.83. The van der Waals surface area contributed by atoms with Crippen LogP contribution in [0.2, 0.25) is 0 Å². The number of benzene rings is 2. The quantitative estimate of drug-likeness (QED) is 0.535. The third-order valence-electron chi connectivity index (χ3n) is 5.26. The largest absolute Gasteiger partial charge is 0.426 e. The van der Waals surface area contributed by atoms with Crippen LogP contribution in [0.5, 0.6) is 5.75 Å². The summed E-state index contributed by atoms with van der Waals surface area (Å²) in [5.41, 5.74) is 4.92. The molecule has 1 aliphatic rings. The lowest BCUT2D eigenvalue weighted by Crippen LogP contribution is -2.24. The zero-order valence-corrected chi connectivity index (χ0v) is 14.8. The van der Waals surface area contributed by atoms with Crippen LogP contribution in [0.25, 0.3) is 11.1 Å². The molecule has 0 aliphatic heterocycles. The molecule has 3 rings (SSSR count). The number of esters is 1. The van der Waals surface area contributed by atoms with E-state index in [2.05, 4.69) is 39.0 Å². The van der Waals surface area contributed by atoms with Gasteiger partial charge in [0.1, 0.15) is 5.75 Å². The maximum absolute atomic E-state index is 12.3. The summed E-state index contributed by atoms with van der Waals surface area (Å²) < 4.78 is 5.58. The van der Waals surface area contributed by atoms with E-state index >= 15 is 0 Å². The van der Waals surface area contributed by atoms with E-state index in [1.54, 1.807) is 0 Å². The standard InChI is InChI=1S/C22H26O2/c1-15-4-7-19(8-5-15)22(23)24-21-12-10-18(11-13-21)20-9-6-16(2)17(3)14-20/h6,9-15,19H,4-5,7-8H2,1-3H3. The Kier molecular flexibility index (Phi) is 5.03. The number of hydrogen-bond acceptors (Lipinski definition) is 2. The molecule has 126 valence electrons. The third-order valence-corrected chi connectivity index (χ3v) is 5.26. The van der Waals surface area contributed by atoms with Gasteiger partial charge in [-0.25, -0.2) is 0 Å². The van der Waals surface area contributed by atoms with Gasteiger partial charge >= 0.3 is 5.97 Å². The highest BCUT2D eigenvalue weighted by atomic mass is 16.5. The molecular formula is C22H26O2. The van der Waals surface area contributed by atoms with E-state index in [0.29, 0.717) is 5.75 Å². The van der Waals surface area contributed by atoms with E-state index < -0.39 is 0 Å². The van der Waals surface area contributed by atoms with Gasteiger partial charge in [-0.05, 0) is 79.8 Å². The molecule has 0 N–H and O–H groups in total. The minimum atomic E-state index is -0.0687. The molecule has 0 atom stereocenters. The zero-order valence-electron chi connectivity index (χ0n) is 14.8. The van der Waals surface area contributed by atoms with Crippen molar-refractivity contribution in [3.8, 4) is 16.9 Å². The van der Waals surface area contributed by atoms with Crippen molar-refractivity contribution in [2.45, 2.75) is 46.5 Å². The fourth-order valence-corrected chi connectivity index (χ4v) is 3.33. The second kappa shape index (κ2) is 7.21.